The summed E-state index contributed by atoms with van der Waals surface area (Å²) in [7, 11) is 2.09. The number of nitrogens with zero attached hydrogens (tertiary/aromatic N) is 3. The van der Waals surface area contributed by atoms with Crippen LogP contribution < -0.4 is 4.57 Å². The Balaban J connectivity index is 1.76. The average Bonchev–Trinajstić information content (AvgIpc) is 3.21. The fraction of sp³-hybridized carbons (Fsp3) is 0.364. The second-order valence-electron chi connectivity index (χ2n) is 8.45. The Labute approximate surface area is 175 Å². The smallest absolute Gasteiger partial charge is 0.299 e. The van der Waals surface area contributed by atoms with Gasteiger partial charge in [-0.2, -0.15) is 4.57 Å². The van der Waals surface area contributed by atoms with Gasteiger partial charge in [-0.05, 0) is 49.6 Å². The van der Waals surface area contributed by atoms with Crippen molar-refractivity contribution in [1.82, 2.24) is 14.5 Å². The average molecular weight is 416 g/mol. The molecule has 0 aliphatic carbocycles. The predicted octanol–water partition coefficient (Wildman–Crippen LogP) is 5.75. The Kier molecular flexibility index (Phi) is 4.67. The lowest BCUT2D eigenvalue weighted by Crippen LogP contribution is -2.44. The third kappa shape index (κ3) is 3.09. The first-order valence-corrected chi connectivity index (χ1v) is 10.3. The van der Waals surface area contributed by atoms with Crippen LogP contribution in [-0.2, 0) is 19.0 Å². The number of halogens is 2. The molecule has 4 nitrogen and oxygen atoms in total. The maximum Gasteiger partial charge on any atom is 0.299 e. The largest absolute Gasteiger partial charge is 0.355 e. The minimum absolute atomic E-state index is 0.170. The van der Waals surface area contributed by atoms with Crippen molar-refractivity contribution >= 4 is 45.0 Å². The summed E-state index contributed by atoms with van der Waals surface area (Å²) >= 11 is 13.1. The number of rotatable bonds is 4. The highest BCUT2D eigenvalue weighted by Crippen LogP contribution is 2.31. The van der Waals surface area contributed by atoms with Crippen LogP contribution in [0.15, 0.2) is 36.7 Å². The summed E-state index contributed by atoms with van der Waals surface area (Å²) in [6.07, 6.45) is 3.81. The van der Waals surface area contributed by atoms with Gasteiger partial charge in [0.1, 0.15) is 5.52 Å². The number of nitrogens with one attached hydrogen (secondary N) is 1. The van der Waals surface area contributed by atoms with E-state index >= 15 is 0 Å². The van der Waals surface area contributed by atoms with Crippen molar-refractivity contribution in [3.8, 4) is 0 Å². The molecule has 146 valence electrons. The molecule has 0 spiro atoms. The summed E-state index contributed by atoms with van der Waals surface area (Å²) in [6.45, 7) is 9.56. The quantitative estimate of drug-likeness (QED) is 0.334. The van der Waals surface area contributed by atoms with E-state index in [0.717, 1.165) is 33.8 Å². The van der Waals surface area contributed by atoms with Crippen LogP contribution in [0.2, 0.25) is 10.3 Å². The Morgan fingerprint density at radius 2 is 1.93 bits per heavy atom. The molecule has 0 radical (unpaired) electrons. The van der Waals surface area contributed by atoms with Crippen LogP contribution in [0.25, 0.3) is 21.8 Å². The highest BCUT2D eigenvalue weighted by Gasteiger charge is 2.30. The van der Waals surface area contributed by atoms with Crippen LogP contribution in [0.5, 0.6) is 0 Å². The van der Waals surface area contributed by atoms with Gasteiger partial charge in [-0.15, -0.1) is 0 Å². The molecular weight excluding hydrogens is 391 g/mol. The van der Waals surface area contributed by atoms with Gasteiger partial charge in [-0.3, -0.25) is 0 Å². The third-order valence-electron chi connectivity index (χ3n) is 5.56. The van der Waals surface area contributed by atoms with Gasteiger partial charge in [0.15, 0.2) is 17.9 Å². The van der Waals surface area contributed by atoms with Crippen molar-refractivity contribution in [3.05, 3.63) is 58.4 Å². The Morgan fingerprint density at radius 3 is 2.61 bits per heavy atom. The van der Waals surface area contributed by atoms with E-state index in [0.29, 0.717) is 11.1 Å². The van der Waals surface area contributed by atoms with Gasteiger partial charge in [0.25, 0.3) is 5.15 Å². The minimum Gasteiger partial charge on any atom is -0.355 e. The molecule has 0 aliphatic heterocycles. The number of pyridine rings is 2. The number of H-pyrrole nitrogens is 1. The number of hydrogen-bond donors (Lipinski definition) is 1. The summed E-state index contributed by atoms with van der Waals surface area (Å²) in [4.78, 5) is 7.62. The Hall–Kier alpha value is -2.04. The molecule has 1 N–H and O–H groups in total. The number of aromatic nitrogens is 4. The molecule has 0 amide bonds. The fourth-order valence-electron chi connectivity index (χ4n) is 3.98. The van der Waals surface area contributed by atoms with Crippen molar-refractivity contribution in [2.45, 2.75) is 45.6 Å². The first kappa shape index (κ1) is 19.3. The summed E-state index contributed by atoms with van der Waals surface area (Å²) < 4.78 is 4.33. The van der Waals surface area contributed by atoms with Crippen LogP contribution in [0.3, 0.4) is 0 Å². The highest BCUT2D eigenvalue weighted by molar-refractivity contribution is 6.33. The van der Waals surface area contributed by atoms with E-state index in [-0.39, 0.29) is 5.41 Å². The lowest BCUT2D eigenvalue weighted by Gasteiger charge is -2.20. The van der Waals surface area contributed by atoms with Gasteiger partial charge in [0.2, 0.25) is 0 Å². The number of hydrogen-bond acceptors (Lipinski definition) is 1. The molecule has 0 atom stereocenters. The lowest BCUT2D eigenvalue weighted by atomic mass is 9.89. The summed E-state index contributed by atoms with van der Waals surface area (Å²) in [5.74, 6) is 0.447. The van der Waals surface area contributed by atoms with Crippen LogP contribution in [0.4, 0.5) is 0 Å². The van der Waals surface area contributed by atoms with Crippen molar-refractivity contribution in [3.63, 3.8) is 0 Å². The van der Waals surface area contributed by atoms with Gasteiger partial charge in [-0.25, -0.2) is 4.98 Å². The molecule has 0 unspecified atom stereocenters. The van der Waals surface area contributed by atoms with Crippen LogP contribution in [0, 0.1) is 0 Å². The van der Waals surface area contributed by atoms with E-state index in [1.54, 1.807) is 6.20 Å². The van der Waals surface area contributed by atoms with Crippen LogP contribution in [0.1, 0.15) is 45.0 Å². The lowest BCUT2D eigenvalue weighted by molar-refractivity contribution is -0.701. The summed E-state index contributed by atoms with van der Waals surface area (Å²) in [6, 6.07) is 8.50. The van der Waals surface area contributed by atoms with Gasteiger partial charge in [0, 0.05) is 41.5 Å². The van der Waals surface area contributed by atoms with E-state index in [2.05, 4.69) is 78.2 Å². The van der Waals surface area contributed by atoms with Crippen LogP contribution in [-0.4, -0.2) is 14.5 Å². The molecule has 28 heavy (non-hydrogen) atoms. The third-order valence-corrected chi connectivity index (χ3v) is 6.25. The molecule has 4 aromatic rings. The first-order chi connectivity index (χ1) is 13.2. The van der Waals surface area contributed by atoms with Crippen molar-refractivity contribution in [2.24, 2.45) is 7.05 Å². The molecule has 4 rings (SSSR count). The highest BCUT2D eigenvalue weighted by atomic mass is 35.5. The molecule has 0 saturated carbocycles. The molecule has 0 bridgehead atoms. The van der Waals surface area contributed by atoms with E-state index in [1.165, 1.54) is 11.1 Å². The van der Waals surface area contributed by atoms with E-state index in [9.17, 15) is 0 Å². The first-order valence-electron chi connectivity index (χ1n) is 9.50. The molecule has 0 aliphatic rings. The van der Waals surface area contributed by atoms with E-state index in [1.807, 2.05) is 6.07 Å². The standard InChI is InChI=1S/C22H25Cl2N4/c1-13(2)16-10-15-7-9-28(21(24)19(15)27(16)5)12-22(3,4)17-11-14-6-8-25-20(23)18(14)26-17/h6-11,13,26H,12H2,1-5H3/q+1. The van der Waals surface area contributed by atoms with Crippen LogP contribution >= 0.6 is 23.2 Å². The number of fused-ring (bicyclic) bond motifs is 2. The van der Waals surface area contributed by atoms with Gasteiger partial charge >= 0.3 is 0 Å². The zero-order chi connectivity index (χ0) is 20.2. The normalized spacial score (nSPS) is 12.6. The summed E-state index contributed by atoms with van der Waals surface area (Å²) in [5, 5.41) is 3.50. The maximum atomic E-state index is 6.86. The fourth-order valence-corrected chi connectivity index (χ4v) is 4.54. The molecule has 0 aromatic carbocycles. The van der Waals surface area contributed by atoms with Gasteiger partial charge < -0.3 is 9.55 Å². The molecular formula is C22H25Cl2N4+. The SMILES string of the molecule is CC(C)c1cc2cc[n+](CC(C)(C)c3cc4ccnc(Cl)c4[nH]3)c(Cl)c2n1C. The second-order valence-corrected chi connectivity index (χ2v) is 9.17. The summed E-state index contributed by atoms with van der Waals surface area (Å²) in [5.41, 5.74) is 4.17. The van der Waals surface area contributed by atoms with Gasteiger partial charge in [0.05, 0.1) is 10.9 Å². The Morgan fingerprint density at radius 1 is 1.18 bits per heavy atom. The monoisotopic (exact) mass is 415 g/mol. The topological polar surface area (TPSA) is 37.5 Å². The zero-order valence-corrected chi connectivity index (χ0v) is 18.4. The van der Waals surface area contributed by atoms with Crippen molar-refractivity contribution in [2.75, 3.05) is 0 Å². The molecule has 6 heteroatoms. The zero-order valence-electron chi connectivity index (χ0n) is 16.8. The maximum absolute atomic E-state index is 6.86. The molecule has 4 heterocycles. The molecule has 0 saturated heterocycles. The number of aryl methyl sites for hydroxylation is 1. The minimum atomic E-state index is -0.170. The Bertz CT molecular complexity index is 1180. The second kappa shape index (κ2) is 6.78. The van der Waals surface area contributed by atoms with E-state index in [4.69, 9.17) is 23.2 Å². The van der Waals surface area contributed by atoms with Crippen molar-refractivity contribution < 1.29 is 4.57 Å². The number of aromatic amines is 1. The van der Waals surface area contributed by atoms with E-state index < -0.39 is 0 Å². The van der Waals surface area contributed by atoms with Crippen molar-refractivity contribution in [1.29, 1.82) is 0 Å². The van der Waals surface area contributed by atoms with Gasteiger partial charge in [-0.1, -0.05) is 25.4 Å². The predicted molar refractivity (Wildman–Crippen MR) is 116 cm³/mol. The molecule has 4 aromatic heterocycles. The molecule has 0 fully saturated rings.